The standard InChI is InChI=1S/C15H23N3O/c1-12-16-6-2-15(17-12)14-3-7-18(8-4-14)10-13-5-9-19-11-13/h2,6,13-14H,3-5,7-11H2,1H3. The highest BCUT2D eigenvalue weighted by atomic mass is 16.5. The van der Waals surface area contributed by atoms with Crippen LogP contribution in [0.1, 0.15) is 36.7 Å². The number of likely N-dealkylation sites (tertiary alicyclic amines) is 1. The van der Waals surface area contributed by atoms with E-state index in [4.69, 9.17) is 4.74 Å². The number of rotatable bonds is 3. The van der Waals surface area contributed by atoms with Crippen LogP contribution in [0.3, 0.4) is 0 Å². The third-order valence-corrected chi connectivity index (χ3v) is 4.34. The number of aromatic nitrogens is 2. The molecule has 0 spiro atoms. The summed E-state index contributed by atoms with van der Waals surface area (Å²) >= 11 is 0. The molecule has 2 saturated heterocycles. The zero-order valence-electron chi connectivity index (χ0n) is 11.7. The van der Waals surface area contributed by atoms with Crippen molar-refractivity contribution in [2.24, 2.45) is 5.92 Å². The molecule has 0 amide bonds. The fourth-order valence-electron chi connectivity index (χ4n) is 3.21. The molecule has 0 N–H and O–H groups in total. The van der Waals surface area contributed by atoms with Crippen molar-refractivity contribution in [2.45, 2.75) is 32.1 Å². The SMILES string of the molecule is Cc1nccc(C2CCN(CC3CCOC3)CC2)n1. The minimum absolute atomic E-state index is 0.623. The van der Waals surface area contributed by atoms with Crippen molar-refractivity contribution in [3.05, 3.63) is 23.8 Å². The third-order valence-electron chi connectivity index (χ3n) is 4.34. The van der Waals surface area contributed by atoms with Crippen LogP contribution in [0, 0.1) is 12.8 Å². The van der Waals surface area contributed by atoms with Gasteiger partial charge in [-0.05, 0) is 51.3 Å². The molecule has 3 heterocycles. The number of aryl methyl sites for hydroxylation is 1. The van der Waals surface area contributed by atoms with E-state index >= 15 is 0 Å². The summed E-state index contributed by atoms with van der Waals surface area (Å²) in [4.78, 5) is 11.4. The summed E-state index contributed by atoms with van der Waals surface area (Å²) in [5.74, 6) is 2.28. The van der Waals surface area contributed by atoms with Crippen molar-refractivity contribution in [3.8, 4) is 0 Å². The first-order chi connectivity index (χ1) is 9.31. The lowest BCUT2D eigenvalue weighted by Crippen LogP contribution is -2.36. The van der Waals surface area contributed by atoms with Crippen LogP contribution in [0.2, 0.25) is 0 Å². The van der Waals surface area contributed by atoms with E-state index in [-0.39, 0.29) is 0 Å². The molecule has 1 atom stereocenters. The maximum Gasteiger partial charge on any atom is 0.125 e. The Balaban J connectivity index is 1.51. The van der Waals surface area contributed by atoms with Crippen molar-refractivity contribution in [2.75, 3.05) is 32.8 Å². The van der Waals surface area contributed by atoms with Gasteiger partial charge in [-0.15, -0.1) is 0 Å². The summed E-state index contributed by atoms with van der Waals surface area (Å²) in [6.45, 7) is 7.51. The van der Waals surface area contributed by atoms with Gasteiger partial charge in [-0.1, -0.05) is 0 Å². The molecular weight excluding hydrogens is 238 g/mol. The molecule has 2 fully saturated rings. The second-order valence-electron chi connectivity index (χ2n) is 5.83. The van der Waals surface area contributed by atoms with Crippen LogP contribution < -0.4 is 0 Å². The lowest BCUT2D eigenvalue weighted by Gasteiger charge is -2.33. The average molecular weight is 261 g/mol. The molecule has 0 bridgehead atoms. The summed E-state index contributed by atoms with van der Waals surface area (Å²) in [6, 6.07) is 2.08. The first kappa shape index (κ1) is 13.0. The Kier molecular flexibility index (Phi) is 4.09. The van der Waals surface area contributed by atoms with Crippen molar-refractivity contribution >= 4 is 0 Å². The van der Waals surface area contributed by atoms with Crippen LogP contribution in [0.25, 0.3) is 0 Å². The molecule has 0 radical (unpaired) electrons. The van der Waals surface area contributed by atoms with Gasteiger partial charge < -0.3 is 9.64 Å². The zero-order valence-corrected chi connectivity index (χ0v) is 11.7. The first-order valence-electron chi connectivity index (χ1n) is 7.41. The molecular formula is C15H23N3O. The molecule has 2 aliphatic rings. The van der Waals surface area contributed by atoms with Gasteiger partial charge in [0.2, 0.25) is 0 Å². The molecule has 1 aromatic heterocycles. The predicted molar refractivity (Wildman–Crippen MR) is 74.1 cm³/mol. The fraction of sp³-hybridized carbons (Fsp3) is 0.733. The Morgan fingerprint density at radius 2 is 2.16 bits per heavy atom. The molecule has 2 aliphatic heterocycles. The van der Waals surface area contributed by atoms with Crippen molar-refractivity contribution in [1.29, 1.82) is 0 Å². The molecule has 0 aliphatic carbocycles. The Hall–Kier alpha value is -1.00. The summed E-state index contributed by atoms with van der Waals surface area (Å²) in [5, 5.41) is 0. The van der Waals surface area contributed by atoms with Gasteiger partial charge in [0.15, 0.2) is 0 Å². The van der Waals surface area contributed by atoms with Crippen LogP contribution in [-0.2, 0) is 4.74 Å². The van der Waals surface area contributed by atoms with Crippen LogP contribution in [0.4, 0.5) is 0 Å². The summed E-state index contributed by atoms with van der Waals surface area (Å²) in [7, 11) is 0. The monoisotopic (exact) mass is 261 g/mol. The van der Waals surface area contributed by atoms with E-state index in [2.05, 4.69) is 20.9 Å². The van der Waals surface area contributed by atoms with Crippen LogP contribution in [0.5, 0.6) is 0 Å². The topological polar surface area (TPSA) is 38.2 Å². The summed E-state index contributed by atoms with van der Waals surface area (Å²) in [5.41, 5.74) is 1.23. The van der Waals surface area contributed by atoms with Crippen LogP contribution >= 0.6 is 0 Å². The largest absolute Gasteiger partial charge is 0.381 e. The minimum atomic E-state index is 0.623. The van der Waals surface area contributed by atoms with E-state index in [1.807, 2.05) is 13.1 Å². The van der Waals surface area contributed by atoms with Crippen LogP contribution in [0.15, 0.2) is 12.3 Å². The highest BCUT2D eigenvalue weighted by Gasteiger charge is 2.25. The van der Waals surface area contributed by atoms with Gasteiger partial charge in [0.25, 0.3) is 0 Å². The van der Waals surface area contributed by atoms with Gasteiger partial charge in [0, 0.05) is 31.0 Å². The first-order valence-corrected chi connectivity index (χ1v) is 7.41. The quantitative estimate of drug-likeness (QED) is 0.834. The van der Waals surface area contributed by atoms with Gasteiger partial charge in [0.1, 0.15) is 5.82 Å². The molecule has 0 saturated carbocycles. The predicted octanol–water partition coefficient (Wildman–Crippen LogP) is 2.00. The van der Waals surface area contributed by atoms with E-state index in [0.29, 0.717) is 5.92 Å². The number of nitrogens with zero attached hydrogens (tertiary/aromatic N) is 3. The Morgan fingerprint density at radius 1 is 1.32 bits per heavy atom. The van der Waals surface area contributed by atoms with Crippen molar-refractivity contribution < 1.29 is 4.74 Å². The Labute approximate surface area is 115 Å². The molecule has 19 heavy (non-hydrogen) atoms. The average Bonchev–Trinajstić information content (AvgIpc) is 2.92. The lowest BCUT2D eigenvalue weighted by atomic mass is 9.92. The van der Waals surface area contributed by atoms with Crippen LogP contribution in [-0.4, -0.2) is 47.7 Å². The van der Waals surface area contributed by atoms with Gasteiger partial charge in [-0.3, -0.25) is 0 Å². The highest BCUT2D eigenvalue weighted by Crippen LogP contribution is 2.27. The Morgan fingerprint density at radius 3 is 2.84 bits per heavy atom. The second-order valence-corrected chi connectivity index (χ2v) is 5.83. The van der Waals surface area contributed by atoms with E-state index in [1.54, 1.807) is 0 Å². The van der Waals surface area contributed by atoms with E-state index < -0.39 is 0 Å². The Bertz CT molecular complexity index is 410. The molecule has 4 heteroatoms. The third kappa shape index (κ3) is 3.31. The van der Waals surface area contributed by atoms with E-state index in [0.717, 1.165) is 25.0 Å². The van der Waals surface area contributed by atoms with Crippen molar-refractivity contribution in [3.63, 3.8) is 0 Å². The highest BCUT2D eigenvalue weighted by molar-refractivity contribution is 5.09. The molecule has 104 valence electrons. The second kappa shape index (κ2) is 5.97. The minimum Gasteiger partial charge on any atom is -0.381 e. The van der Waals surface area contributed by atoms with Gasteiger partial charge in [-0.2, -0.15) is 0 Å². The number of piperidine rings is 1. The maximum absolute atomic E-state index is 5.46. The fourth-order valence-corrected chi connectivity index (χ4v) is 3.21. The number of hydrogen-bond donors (Lipinski definition) is 0. The summed E-state index contributed by atoms with van der Waals surface area (Å²) < 4.78 is 5.46. The molecule has 3 rings (SSSR count). The number of ether oxygens (including phenoxy) is 1. The van der Waals surface area contributed by atoms with Gasteiger partial charge >= 0.3 is 0 Å². The number of hydrogen-bond acceptors (Lipinski definition) is 4. The lowest BCUT2D eigenvalue weighted by molar-refractivity contribution is 0.151. The molecule has 1 aromatic rings. The maximum atomic E-state index is 5.46. The van der Waals surface area contributed by atoms with Gasteiger partial charge in [-0.25, -0.2) is 9.97 Å². The molecule has 0 aromatic carbocycles. The smallest absolute Gasteiger partial charge is 0.125 e. The normalized spacial score (nSPS) is 25.8. The van der Waals surface area contributed by atoms with Gasteiger partial charge in [0.05, 0.1) is 6.61 Å². The van der Waals surface area contributed by atoms with E-state index in [9.17, 15) is 0 Å². The molecule has 4 nitrogen and oxygen atoms in total. The van der Waals surface area contributed by atoms with Crippen molar-refractivity contribution in [1.82, 2.24) is 14.9 Å². The van der Waals surface area contributed by atoms with E-state index in [1.165, 1.54) is 44.6 Å². The molecule has 1 unspecified atom stereocenters. The zero-order chi connectivity index (χ0) is 13.1. The summed E-state index contributed by atoms with van der Waals surface area (Å²) in [6.07, 6.45) is 5.58.